The summed E-state index contributed by atoms with van der Waals surface area (Å²) in [6.07, 6.45) is -1.57. The van der Waals surface area contributed by atoms with Crippen LogP contribution in [0, 0.1) is 11.7 Å². The molecule has 24 heavy (non-hydrogen) atoms. The van der Waals surface area contributed by atoms with Crippen molar-refractivity contribution in [2.75, 3.05) is 13.1 Å². The van der Waals surface area contributed by atoms with Gasteiger partial charge in [-0.25, -0.2) is 4.39 Å². The number of hydrogen-bond acceptors (Lipinski definition) is 2. The van der Waals surface area contributed by atoms with Crippen molar-refractivity contribution in [3.8, 4) is 0 Å². The number of carbonyl (C=O) groups is 1. The van der Waals surface area contributed by atoms with Crippen LogP contribution in [-0.4, -0.2) is 19.0 Å². The van der Waals surface area contributed by atoms with Crippen molar-refractivity contribution in [1.29, 1.82) is 0 Å². The molecule has 1 aromatic carbocycles. The first-order valence-corrected chi connectivity index (χ1v) is 7.69. The molecule has 2 N–H and O–H groups in total. The van der Waals surface area contributed by atoms with Gasteiger partial charge in [0.15, 0.2) is 0 Å². The fourth-order valence-corrected chi connectivity index (χ4v) is 2.75. The van der Waals surface area contributed by atoms with Crippen molar-refractivity contribution in [3.63, 3.8) is 0 Å². The molecule has 1 aromatic rings. The summed E-state index contributed by atoms with van der Waals surface area (Å²) in [4.78, 5) is 11.8. The Bertz CT molecular complexity index is 545. The normalized spacial score (nSPS) is 15.7. The minimum atomic E-state index is -4.64. The van der Waals surface area contributed by atoms with Gasteiger partial charge in [-0.05, 0) is 56.0 Å². The predicted molar refractivity (Wildman–Crippen MR) is 85.3 cm³/mol. The highest BCUT2D eigenvalue weighted by Crippen LogP contribution is 2.32. The fraction of sp³-hybridized carbons (Fsp3) is 0.562. The number of benzene rings is 1. The van der Waals surface area contributed by atoms with E-state index in [4.69, 9.17) is 0 Å². The first-order chi connectivity index (χ1) is 10.9. The highest BCUT2D eigenvalue weighted by atomic mass is 35.5. The summed E-state index contributed by atoms with van der Waals surface area (Å²) in [5.74, 6) is -0.738. The SMILES string of the molecule is Cl.O=C(CCC1CCNCC1)NCc1ccc(F)cc1C(F)(F)F. The van der Waals surface area contributed by atoms with Gasteiger partial charge in [0, 0.05) is 13.0 Å². The highest BCUT2D eigenvalue weighted by Gasteiger charge is 2.33. The Labute approximate surface area is 144 Å². The summed E-state index contributed by atoms with van der Waals surface area (Å²) in [6, 6.07) is 2.48. The molecule has 8 heteroatoms. The zero-order valence-electron chi connectivity index (χ0n) is 13.1. The molecule has 0 atom stereocenters. The van der Waals surface area contributed by atoms with Gasteiger partial charge in [0.1, 0.15) is 5.82 Å². The Morgan fingerprint density at radius 1 is 1.25 bits per heavy atom. The molecule has 0 spiro atoms. The second-order valence-corrected chi connectivity index (χ2v) is 5.81. The first kappa shape index (κ1) is 20.7. The molecule has 136 valence electrons. The smallest absolute Gasteiger partial charge is 0.352 e. The molecule has 0 radical (unpaired) electrons. The van der Waals surface area contributed by atoms with Crippen molar-refractivity contribution in [2.24, 2.45) is 5.92 Å². The van der Waals surface area contributed by atoms with Gasteiger partial charge < -0.3 is 10.6 Å². The van der Waals surface area contributed by atoms with E-state index in [1.807, 2.05) is 0 Å². The molecular formula is C16H21ClF4N2O. The Morgan fingerprint density at radius 2 is 1.92 bits per heavy atom. The van der Waals surface area contributed by atoms with Crippen LogP contribution in [0.2, 0.25) is 0 Å². The molecule has 0 saturated carbocycles. The van der Waals surface area contributed by atoms with Crippen LogP contribution >= 0.6 is 12.4 Å². The third kappa shape index (κ3) is 6.28. The van der Waals surface area contributed by atoms with Crippen LogP contribution in [0.4, 0.5) is 17.6 Å². The number of alkyl halides is 3. The van der Waals surface area contributed by atoms with Gasteiger partial charge >= 0.3 is 6.18 Å². The molecule has 3 nitrogen and oxygen atoms in total. The summed E-state index contributed by atoms with van der Waals surface area (Å²) in [5, 5.41) is 5.73. The molecule has 1 heterocycles. The molecule has 1 aliphatic rings. The maximum Gasteiger partial charge on any atom is 0.416 e. The van der Waals surface area contributed by atoms with Crippen LogP contribution in [0.1, 0.15) is 36.8 Å². The predicted octanol–water partition coefficient (Wildman–Crippen LogP) is 3.66. The zero-order chi connectivity index (χ0) is 16.9. The van der Waals surface area contributed by atoms with E-state index in [0.29, 0.717) is 18.4 Å². The molecule has 0 aromatic heterocycles. The average Bonchev–Trinajstić information content (AvgIpc) is 2.52. The monoisotopic (exact) mass is 368 g/mol. The molecule has 1 amide bonds. The molecule has 0 aliphatic carbocycles. The molecule has 1 aliphatic heterocycles. The maximum absolute atomic E-state index is 13.0. The lowest BCUT2D eigenvalue weighted by molar-refractivity contribution is -0.138. The van der Waals surface area contributed by atoms with E-state index in [0.717, 1.165) is 44.5 Å². The van der Waals surface area contributed by atoms with Gasteiger partial charge in [0.05, 0.1) is 5.56 Å². The van der Waals surface area contributed by atoms with Gasteiger partial charge in [-0.15, -0.1) is 12.4 Å². The Morgan fingerprint density at radius 3 is 2.54 bits per heavy atom. The number of carbonyl (C=O) groups excluding carboxylic acids is 1. The number of nitrogens with one attached hydrogen (secondary N) is 2. The van der Waals surface area contributed by atoms with Gasteiger partial charge in [-0.1, -0.05) is 6.07 Å². The number of halogens is 5. The summed E-state index contributed by atoms with van der Waals surface area (Å²) in [5.41, 5.74) is -1.18. The van der Waals surface area contributed by atoms with E-state index in [9.17, 15) is 22.4 Å². The number of rotatable bonds is 5. The van der Waals surface area contributed by atoms with E-state index in [-0.39, 0.29) is 30.4 Å². The number of amides is 1. The van der Waals surface area contributed by atoms with Gasteiger partial charge in [-0.3, -0.25) is 4.79 Å². The van der Waals surface area contributed by atoms with Crippen LogP contribution in [0.15, 0.2) is 18.2 Å². The van der Waals surface area contributed by atoms with E-state index < -0.39 is 17.6 Å². The second kappa shape index (κ2) is 9.22. The topological polar surface area (TPSA) is 41.1 Å². The van der Waals surface area contributed by atoms with E-state index in [2.05, 4.69) is 10.6 Å². The Balaban J connectivity index is 0.00000288. The molecule has 0 unspecified atom stereocenters. The lowest BCUT2D eigenvalue weighted by Gasteiger charge is -2.22. The highest BCUT2D eigenvalue weighted by molar-refractivity contribution is 5.85. The van der Waals surface area contributed by atoms with Gasteiger partial charge in [-0.2, -0.15) is 13.2 Å². The summed E-state index contributed by atoms with van der Waals surface area (Å²) in [7, 11) is 0. The molecule has 1 saturated heterocycles. The van der Waals surface area contributed by atoms with Gasteiger partial charge in [0.2, 0.25) is 5.91 Å². The quantitative estimate of drug-likeness (QED) is 0.779. The zero-order valence-corrected chi connectivity index (χ0v) is 13.9. The second-order valence-electron chi connectivity index (χ2n) is 5.81. The standard InChI is InChI=1S/C16H20F4N2O.ClH/c17-13-3-2-12(14(9-13)16(18,19)20)10-22-15(23)4-1-11-5-7-21-8-6-11;/h2-3,9,11,21H,1,4-8,10H2,(H,22,23);1H. The molecule has 0 bridgehead atoms. The van der Waals surface area contributed by atoms with Crippen molar-refractivity contribution < 1.29 is 22.4 Å². The van der Waals surface area contributed by atoms with Crippen molar-refractivity contribution in [2.45, 2.75) is 38.4 Å². The van der Waals surface area contributed by atoms with E-state index in [1.54, 1.807) is 0 Å². The lowest BCUT2D eigenvalue weighted by atomic mass is 9.93. The number of hydrogen-bond donors (Lipinski definition) is 2. The lowest BCUT2D eigenvalue weighted by Crippen LogP contribution is -2.29. The van der Waals surface area contributed by atoms with Crippen LogP contribution < -0.4 is 10.6 Å². The summed E-state index contributed by atoms with van der Waals surface area (Å²) < 4.78 is 51.6. The third-order valence-electron chi connectivity index (χ3n) is 4.09. The van der Waals surface area contributed by atoms with E-state index >= 15 is 0 Å². The molecule has 2 rings (SSSR count). The fourth-order valence-electron chi connectivity index (χ4n) is 2.75. The van der Waals surface area contributed by atoms with Crippen LogP contribution in [0.3, 0.4) is 0 Å². The first-order valence-electron chi connectivity index (χ1n) is 7.69. The van der Waals surface area contributed by atoms with Crippen molar-refractivity contribution >= 4 is 18.3 Å². The Hall–Kier alpha value is -1.34. The largest absolute Gasteiger partial charge is 0.416 e. The minimum Gasteiger partial charge on any atom is -0.352 e. The van der Waals surface area contributed by atoms with Crippen molar-refractivity contribution in [1.82, 2.24) is 10.6 Å². The van der Waals surface area contributed by atoms with Crippen molar-refractivity contribution in [3.05, 3.63) is 35.1 Å². The van der Waals surface area contributed by atoms with E-state index in [1.165, 1.54) is 0 Å². The molecular weight excluding hydrogens is 348 g/mol. The maximum atomic E-state index is 13.0. The van der Waals surface area contributed by atoms with Crippen LogP contribution in [-0.2, 0) is 17.5 Å². The minimum absolute atomic E-state index is 0. The third-order valence-corrected chi connectivity index (χ3v) is 4.09. The Kier molecular flexibility index (Phi) is 7.96. The average molecular weight is 369 g/mol. The number of piperidine rings is 1. The van der Waals surface area contributed by atoms with Gasteiger partial charge in [0.25, 0.3) is 0 Å². The van der Waals surface area contributed by atoms with Crippen LogP contribution in [0.5, 0.6) is 0 Å². The molecule has 1 fully saturated rings. The summed E-state index contributed by atoms with van der Waals surface area (Å²) >= 11 is 0. The summed E-state index contributed by atoms with van der Waals surface area (Å²) in [6.45, 7) is 1.63. The van der Waals surface area contributed by atoms with Crippen LogP contribution in [0.25, 0.3) is 0 Å².